The lowest BCUT2D eigenvalue weighted by Crippen LogP contribution is -3.19. The van der Waals surface area contributed by atoms with E-state index in [4.69, 9.17) is 23.2 Å². The zero-order valence-corrected chi connectivity index (χ0v) is 12.9. The normalized spacial score (nSPS) is 23.5. The number of halogens is 2. The lowest BCUT2D eigenvalue weighted by Gasteiger charge is -2.35. The molecule has 0 radical (unpaired) electrons. The van der Waals surface area contributed by atoms with E-state index in [1.165, 1.54) is 4.90 Å². The van der Waals surface area contributed by atoms with Crippen molar-refractivity contribution in [3.05, 3.63) is 28.2 Å². The molecule has 2 N–H and O–H groups in total. The predicted octanol–water partition coefficient (Wildman–Crippen LogP) is 0.113. The third kappa shape index (κ3) is 3.00. The number of nitrogens with one attached hydrogen (secondary N) is 2. The van der Waals surface area contributed by atoms with Gasteiger partial charge in [-0.2, -0.15) is 0 Å². The predicted molar refractivity (Wildman–Crippen MR) is 80.9 cm³/mol. The molecule has 2 aliphatic rings. The molecular weight excluding hydrogens is 313 g/mol. The van der Waals surface area contributed by atoms with Gasteiger partial charge in [0.25, 0.3) is 5.91 Å². The number of imide groups is 1. The van der Waals surface area contributed by atoms with Gasteiger partial charge >= 0.3 is 0 Å². The van der Waals surface area contributed by atoms with Crippen LogP contribution in [0.25, 0.3) is 0 Å². The topological polar surface area (TPSA) is 53.9 Å². The average Bonchev–Trinajstić information content (AvgIpc) is 2.81. The van der Waals surface area contributed by atoms with Gasteiger partial charge in [-0.25, -0.2) is 0 Å². The van der Waals surface area contributed by atoms with Crippen molar-refractivity contribution in [1.82, 2.24) is 5.32 Å². The molecule has 3 rings (SSSR count). The molecule has 21 heavy (non-hydrogen) atoms. The number of quaternary nitrogens is 1. The SMILES string of the molecule is O=C1C[C@H]([NH+]2CCN(c3ccc(Cl)c(Cl)c3)CC2)C(=O)N1. The molecule has 5 nitrogen and oxygen atoms in total. The number of hydrogen-bond donors (Lipinski definition) is 2. The van der Waals surface area contributed by atoms with E-state index in [1.54, 1.807) is 6.07 Å². The number of carbonyl (C=O) groups excluding carboxylic acids is 2. The Bertz CT molecular complexity index is 586. The fourth-order valence-corrected chi connectivity index (χ4v) is 3.26. The van der Waals surface area contributed by atoms with Crippen molar-refractivity contribution in [2.75, 3.05) is 31.1 Å². The average molecular weight is 329 g/mol. The van der Waals surface area contributed by atoms with Crippen molar-refractivity contribution in [1.29, 1.82) is 0 Å². The van der Waals surface area contributed by atoms with Crippen LogP contribution in [0.1, 0.15) is 6.42 Å². The molecule has 2 amide bonds. The van der Waals surface area contributed by atoms with Crippen LogP contribution in [0.2, 0.25) is 10.0 Å². The zero-order valence-electron chi connectivity index (χ0n) is 11.4. The van der Waals surface area contributed by atoms with E-state index in [0.717, 1.165) is 31.9 Å². The molecule has 0 aromatic heterocycles. The smallest absolute Gasteiger partial charge is 0.285 e. The van der Waals surface area contributed by atoms with E-state index in [-0.39, 0.29) is 17.9 Å². The highest BCUT2D eigenvalue weighted by atomic mass is 35.5. The standard InChI is InChI=1S/C14H15Cl2N3O2/c15-10-2-1-9(7-11(10)16)18-3-5-19(6-4-18)12-8-13(20)17-14(12)21/h1-2,7,12H,3-6,8H2,(H,17,20,21)/p+1/t12-/m0/s1. The number of rotatable bonds is 2. The van der Waals surface area contributed by atoms with E-state index in [0.29, 0.717) is 16.5 Å². The van der Waals surface area contributed by atoms with Gasteiger partial charge in [0, 0.05) is 5.69 Å². The van der Waals surface area contributed by atoms with Gasteiger partial charge in [-0.3, -0.25) is 14.9 Å². The Kier molecular flexibility index (Phi) is 4.06. The molecule has 0 saturated carbocycles. The number of benzene rings is 1. The van der Waals surface area contributed by atoms with Crippen LogP contribution in [0.4, 0.5) is 5.69 Å². The van der Waals surface area contributed by atoms with E-state index in [2.05, 4.69) is 10.2 Å². The second-order valence-electron chi connectivity index (χ2n) is 5.41. The lowest BCUT2D eigenvalue weighted by atomic mass is 10.1. The third-order valence-corrected chi connectivity index (χ3v) is 4.87. The summed E-state index contributed by atoms with van der Waals surface area (Å²) < 4.78 is 0. The van der Waals surface area contributed by atoms with Crippen LogP contribution in [-0.4, -0.2) is 44.0 Å². The minimum Gasteiger partial charge on any atom is -0.360 e. The zero-order chi connectivity index (χ0) is 15.0. The van der Waals surface area contributed by atoms with Crippen LogP contribution in [0, 0.1) is 0 Å². The maximum absolute atomic E-state index is 11.7. The molecular formula is C14H16Cl2N3O2+. The molecule has 112 valence electrons. The lowest BCUT2D eigenvalue weighted by molar-refractivity contribution is -0.915. The Labute approximate surface area is 132 Å². The summed E-state index contributed by atoms with van der Waals surface area (Å²) >= 11 is 12.0. The van der Waals surface area contributed by atoms with Gasteiger partial charge in [-0.05, 0) is 18.2 Å². The number of piperazine rings is 1. The first-order chi connectivity index (χ1) is 10.0. The van der Waals surface area contributed by atoms with Crippen molar-refractivity contribution in [3.8, 4) is 0 Å². The summed E-state index contributed by atoms with van der Waals surface area (Å²) in [7, 11) is 0. The summed E-state index contributed by atoms with van der Waals surface area (Å²) in [5.74, 6) is -0.303. The highest BCUT2D eigenvalue weighted by Crippen LogP contribution is 2.27. The first-order valence-corrected chi connectivity index (χ1v) is 7.68. The number of nitrogens with zero attached hydrogens (tertiary/aromatic N) is 1. The van der Waals surface area contributed by atoms with E-state index in [1.807, 2.05) is 12.1 Å². The highest BCUT2D eigenvalue weighted by molar-refractivity contribution is 6.42. The van der Waals surface area contributed by atoms with Crippen molar-refractivity contribution >= 4 is 40.7 Å². The molecule has 2 aliphatic heterocycles. The molecule has 0 aliphatic carbocycles. The van der Waals surface area contributed by atoms with Crippen LogP contribution in [0.3, 0.4) is 0 Å². The highest BCUT2D eigenvalue weighted by Gasteiger charge is 2.40. The first-order valence-electron chi connectivity index (χ1n) is 6.93. The molecule has 1 aromatic carbocycles. The summed E-state index contributed by atoms with van der Waals surface area (Å²) in [4.78, 5) is 26.4. The molecule has 1 aromatic rings. The first kappa shape index (κ1) is 14.6. The van der Waals surface area contributed by atoms with Crippen molar-refractivity contribution in [3.63, 3.8) is 0 Å². The van der Waals surface area contributed by atoms with Gasteiger partial charge in [0.05, 0.1) is 42.6 Å². The molecule has 1 atom stereocenters. The quantitative estimate of drug-likeness (QED) is 0.758. The number of hydrogen-bond acceptors (Lipinski definition) is 3. The van der Waals surface area contributed by atoms with E-state index in [9.17, 15) is 9.59 Å². The van der Waals surface area contributed by atoms with Gasteiger partial charge in [-0.15, -0.1) is 0 Å². The molecule has 0 unspecified atom stereocenters. The van der Waals surface area contributed by atoms with Crippen molar-refractivity contribution in [2.24, 2.45) is 0 Å². The van der Waals surface area contributed by atoms with E-state index < -0.39 is 0 Å². The molecule has 2 saturated heterocycles. The maximum Gasteiger partial charge on any atom is 0.285 e. The number of carbonyl (C=O) groups is 2. The number of anilines is 1. The third-order valence-electron chi connectivity index (χ3n) is 4.14. The van der Waals surface area contributed by atoms with E-state index >= 15 is 0 Å². The summed E-state index contributed by atoms with van der Waals surface area (Å²) in [5.41, 5.74) is 1.04. The van der Waals surface area contributed by atoms with Gasteiger partial charge in [-0.1, -0.05) is 23.2 Å². The number of amides is 2. The van der Waals surface area contributed by atoms with Gasteiger partial charge in [0.15, 0.2) is 6.04 Å². The fourth-order valence-electron chi connectivity index (χ4n) is 2.97. The second kappa shape index (κ2) is 5.83. The Morgan fingerprint density at radius 2 is 1.86 bits per heavy atom. The molecule has 0 bridgehead atoms. The van der Waals surface area contributed by atoms with Gasteiger partial charge in [0.1, 0.15) is 0 Å². The summed E-state index contributed by atoms with van der Waals surface area (Å²) in [6.07, 6.45) is 0.306. The van der Waals surface area contributed by atoms with Crippen LogP contribution < -0.4 is 15.1 Å². The summed E-state index contributed by atoms with van der Waals surface area (Å²) in [6.45, 7) is 3.30. The molecule has 2 heterocycles. The van der Waals surface area contributed by atoms with Crippen LogP contribution in [0.5, 0.6) is 0 Å². The molecule has 2 fully saturated rings. The Balaban J connectivity index is 1.63. The van der Waals surface area contributed by atoms with Crippen LogP contribution >= 0.6 is 23.2 Å². The van der Waals surface area contributed by atoms with Crippen molar-refractivity contribution < 1.29 is 14.5 Å². The van der Waals surface area contributed by atoms with Gasteiger partial charge in [0.2, 0.25) is 5.91 Å². The summed E-state index contributed by atoms with van der Waals surface area (Å²) in [6, 6.07) is 5.38. The second-order valence-corrected chi connectivity index (χ2v) is 6.23. The largest absolute Gasteiger partial charge is 0.360 e. The summed E-state index contributed by atoms with van der Waals surface area (Å²) in [5, 5.41) is 3.47. The monoisotopic (exact) mass is 328 g/mol. The Hall–Kier alpha value is -1.30. The maximum atomic E-state index is 11.7. The Morgan fingerprint density at radius 3 is 2.43 bits per heavy atom. The fraction of sp³-hybridized carbons (Fsp3) is 0.429. The van der Waals surface area contributed by atoms with Crippen LogP contribution in [0.15, 0.2) is 18.2 Å². The molecule has 0 spiro atoms. The van der Waals surface area contributed by atoms with Gasteiger partial charge < -0.3 is 9.80 Å². The molecule has 7 heteroatoms. The Morgan fingerprint density at radius 1 is 1.14 bits per heavy atom. The minimum absolute atomic E-state index is 0.141. The van der Waals surface area contributed by atoms with Crippen molar-refractivity contribution in [2.45, 2.75) is 12.5 Å². The van der Waals surface area contributed by atoms with Crippen LogP contribution in [-0.2, 0) is 9.59 Å². The minimum atomic E-state index is -0.228.